The first kappa shape index (κ1) is 10.1. The van der Waals surface area contributed by atoms with Crippen LogP contribution in [-0.2, 0) is 0 Å². The molecule has 0 aliphatic rings. The molecular formula is C7H6KN3O. The fourth-order valence-corrected chi connectivity index (χ4v) is 0.929. The number of aromatic nitrogens is 3. The van der Waals surface area contributed by atoms with Gasteiger partial charge in [-0.1, -0.05) is 5.75 Å². The average Bonchev–Trinajstić information content (AvgIpc) is 2.36. The SMILES string of the molecule is Cc1nn2ccnc2cc1[O-].[K+]. The van der Waals surface area contributed by atoms with Gasteiger partial charge >= 0.3 is 51.4 Å². The molecule has 12 heavy (non-hydrogen) atoms. The van der Waals surface area contributed by atoms with Crippen molar-refractivity contribution in [3.8, 4) is 5.75 Å². The van der Waals surface area contributed by atoms with Crippen molar-refractivity contribution in [2.24, 2.45) is 0 Å². The first-order valence-electron chi connectivity index (χ1n) is 3.25. The molecule has 2 aromatic heterocycles. The molecule has 0 N–H and O–H groups in total. The Hall–Kier alpha value is 0.0564. The van der Waals surface area contributed by atoms with E-state index in [-0.39, 0.29) is 57.1 Å². The topological polar surface area (TPSA) is 53.2 Å². The Bertz CT molecular complexity index is 362. The van der Waals surface area contributed by atoms with Gasteiger partial charge in [0.1, 0.15) is 0 Å². The Morgan fingerprint density at radius 1 is 1.50 bits per heavy atom. The van der Waals surface area contributed by atoms with Crippen molar-refractivity contribution < 1.29 is 56.5 Å². The molecule has 0 bridgehead atoms. The normalized spacial score (nSPS) is 9.75. The predicted molar refractivity (Wildman–Crippen MR) is 37.2 cm³/mol. The minimum absolute atomic E-state index is 0. The molecule has 0 spiro atoms. The average molecular weight is 187 g/mol. The van der Waals surface area contributed by atoms with E-state index >= 15 is 0 Å². The Morgan fingerprint density at radius 3 is 3.00 bits per heavy atom. The van der Waals surface area contributed by atoms with Crippen LogP contribution in [0.25, 0.3) is 5.65 Å². The van der Waals surface area contributed by atoms with Crippen molar-refractivity contribution in [2.75, 3.05) is 0 Å². The second kappa shape index (κ2) is 3.84. The van der Waals surface area contributed by atoms with Crippen LogP contribution in [0.4, 0.5) is 0 Å². The van der Waals surface area contributed by atoms with Gasteiger partial charge in [0.15, 0.2) is 5.65 Å². The summed E-state index contributed by atoms with van der Waals surface area (Å²) in [4.78, 5) is 3.92. The van der Waals surface area contributed by atoms with Gasteiger partial charge in [0.25, 0.3) is 0 Å². The number of hydrogen-bond acceptors (Lipinski definition) is 3. The standard InChI is InChI=1S/C7H7N3O.K/c1-5-6(11)4-7-8-2-3-10(7)9-5;/h2-4,11H,1H3;/q;+1/p-1. The molecule has 0 saturated carbocycles. The van der Waals surface area contributed by atoms with Crippen molar-refractivity contribution >= 4 is 5.65 Å². The fourth-order valence-electron chi connectivity index (χ4n) is 0.929. The molecule has 0 radical (unpaired) electrons. The van der Waals surface area contributed by atoms with Crippen LogP contribution in [-0.4, -0.2) is 14.6 Å². The second-order valence-electron chi connectivity index (χ2n) is 2.32. The van der Waals surface area contributed by atoms with E-state index in [1.165, 1.54) is 6.07 Å². The summed E-state index contributed by atoms with van der Waals surface area (Å²) in [6, 6.07) is 1.47. The van der Waals surface area contributed by atoms with E-state index in [1.54, 1.807) is 23.8 Å². The van der Waals surface area contributed by atoms with E-state index in [9.17, 15) is 5.11 Å². The second-order valence-corrected chi connectivity index (χ2v) is 2.32. The number of hydrogen-bond donors (Lipinski definition) is 0. The van der Waals surface area contributed by atoms with Crippen LogP contribution in [0.3, 0.4) is 0 Å². The van der Waals surface area contributed by atoms with Crippen molar-refractivity contribution in [3.05, 3.63) is 24.2 Å². The number of nitrogens with zero attached hydrogens (tertiary/aromatic N) is 3. The van der Waals surface area contributed by atoms with E-state index < -0.39 is 0 Å². The fraction of sp³-hybridized carbons (Fsp3) is 0.143. The van der Waals surface area contributed by atoms with E-state index in [1.807, 2.05) is 0 Å². The molecule has 0 aliphatic heterocycles. The van der Waals surface area contributed by atoms with Crippen molar-refractivity contribution in [1.82, 2.24) is 14.6 Å². The van der Waals surface area contributed by atoms with Crippen LogP contribution in [0.2, 0.25) is 0 Å². The molecule has 0 atom stereocenters. The molecule has 0 amide bonds. The Morgan fingerprint density at radius 2 is 2.25 bits per heavy atom. The van der Waals surface area contributed by atoms with Gasteiger partial charge in [0.2, 0.25) is 0 Å². The zero-order chi connectivity index (χ0) is 7.84. The molecule has 2 aromatic rings. The van der Waals surface area contributed by atoms with Gasteiger partial charge in [-0.15, -0.1) is 0 Å². The van der Waals surface area contributed by atoms with Crippen LogP contribution in [0, 0.1) is 6.92 Å². The number of aryl methyl sites for hydroxylation is 1. The smallest absolute Gasteiger partial charge is 0.871 e. The van der Waals surface area contributed by atoms with Gasteiger partial charge in [-0.2, -0.15) is 5.10 Å². The van der Waals surface area contributed by atoms with E-state index in [2.05, 4.69) is 10.1 Å². The van der Waals surface area contributed by atoms with Crippen LogP contribution < -0.4 is 56.5 Å². The molecule has 2 heterocycles. The van der Waals surface area contributed by atoms with Gasteiger partial charge in [-0.25, -0.2) is 9.50 Å². The number of imidazole rings is 1. The molecule has 0 unspecified atom stereocenters. The molecular weight excluding hydrogens is 181 g/mol. The van der Waals surface area contributed by atoms with Crippen LogP contribution in [0.15, 0.2) is 18.5 Å². The van der Waals surface area contributed by atoms with Gasteiger partial charge in [-0.3, -0.25) is 0 Å². The van der Waals surface area contributed by atoms with E-state index in [0.29, 0.717) is 11.3 Å². The molecule has 56 valence electrons. The summed E-state index contributed by atoms with van der Waals surface area (Å²) < 4.78 is 1.58. The van der Waals surface area contributed by atoms with Crippen molar-refractivity contribution in [2.45, 2.75) is 6.92 Å². The first-order valence-corrected chi connectivity index (χ1v) is 3.25. The summed E-state index contributed by atoms with van der Waals surface area (Å²) in [5, 5.41) is 15.0. The van der Waals surface area contributed by atoms with Gasteiger partial charge in [-0.05, 0) is 13.0 Å². The summed E-state index contributed by atoms with van der Waals surface area (Å²) in [5.74, 6) is -0.0660. The zero-order valence-corrected chi connectivity index (χ0v) is 10.1. The molecule has 0 aliphatic carbocycles. The monoisotopic (exact) mass is 187 g/mol. The summed E-state index contributed by atoms with van der Waals surface area (Å²) >= 11 is 0. The molecule has 4 nitrogen and oxygen atoms in total. The van der Waals surface area contributed by atoms with Crippen molar-refractivity contribution in [3.63, 3.8) is 0 Å². The maximum atomic E-state index is 11.0. The van der Waals surface area contributed by atoms with Gasteiger partial charge in [0.05, 0.1) is 5.69 Å². The maximum absolute atomic E-state index is 11.0. The van der Waals surface area contributed by atoms with Crippen LogP contribution in [0.1, 0.15) is 5.69 Å². The molecule has 2 rings (SSSR count). The third-order valence-electron chi connectivity index (χ3n) is 1.52. The van der Waals surface area contributed by atoms with Crippen LogP contribution in [0.5, 0.6) is 5.75 Å². The minimum Gasteiger partial charge on any atom is -0.871 e. The Kier molecular flexibility index (Phi) is 3.25. The third-order valence-corrected chi connectivity index (χ3v) is 1.52. The molecule has 0 fully saturated rings. The predicted octanol–water partition coefficient (Wildman–Crippen LogP) is -2.88. The van der Waals surface area contributed by atoms with Gasteiger partial charge in [0, 0.05) is 12.4 Å². The Balaban J connectivity index is 0.000000720. The minimum atomic E-state index is -0.0660. The van der Waals surface area contributed by atoms with Crippen LogP contribution >= 0.6 is 0 Å². The summed E-state index contributed by atoms with van der Waals surface area (Å²) in [6.07, 6.45) is 3.32. The van der Waals surface area contributed by atoms with Gasteiger partial charge < -0.3 is 5.11 Å². The van der Waals surface area contributed by atoms with Crippen molar-refractivity contribution in [1.29, 1.82) is 0 Å². The third kappa shape index (κ3) is 1.70. The molecule has 0 saturated heterocycles. The summed E-state index contributed by atoms with van der Waals surface area (Å²) in [7, 11) is 0. The molecule has 0 aromatic carbocycles. The quantitative estimate of drug-likeness (QED) is 0.416. The Labute approximate surface area is 112 Å². The van der Waals surface area contributed by atoms with E-state index in [0.717, 1.165) is 0 Å². The number of fused-ring (bicyclic) bond motifs is 1. The van der Waals surface area contributed by atoms with E-state index in [4.69, 9.17) is 0 Å². The summed E-state index contributed by atoms with van der Waals surface area (Å²) in [5.41, 5.74) is 1.09. The first-order chi connectivity index (χ1) is 5.27. The zero-order valence-electron chi connectivity index (χ0n) is 6.98. The molecule has 5 heteroatoms. The summed E-state index contributed by atoms with van der Waals surface area (Å²) in [6.45, 7) is 1.68. The largest absolute Gasteiger partial charge is 1.00 e. The maximum Gasteiger partial charge on any atom is 1.00 e. The number of rotatable bonds is 0.